The van der Waals surface area contributed by atoms with Crippen molar-refractivity contribution in [2.24, 2.45) is 5.92 Å². The highest BCUT2D eigenvalue weighted by Gasteiger charge is 2.83. The van der Waals surface area contributed by atoms with Crippen molar-refractivity contribution in [1.82, 2.24) is 10.3 Å². The molecule has 2 amide bonds. The number of imide groups is 1. The lowest BCUT2D eigenvalue weighted by molar-refractivity contribution is -0.139. The van der Waals surface area contributed by atoms with E-state index >= 15 is 0 Å². The molecule has 5 atom stereocenters. The number of amides is 2. The molecule has 3 aliphatic rings. The number of fused-ring (bicyclic) bond motifs is 5. The first kappa shape index (κ1) is 19.8. The number of aromatic nitrogens is 1. The van der Waals surface area contributed by atoms with Crippen LogP contribution < -0.4 is 10.2 Å². The van der Waals surface area contributed by atoms with Crippen LogP contribution in [0, 0.1) is 17.2 Å². The van der Waals surface area contributed by atoms with Gasteiger partial charge in [0.25, 0.3) is 5.91 Å². The van der Waals surface area contributed by atoms with E-state index in [1.165, 1.54) is 20.0 Å². The summed E-state index contributed by atoms with van der Waals surface area (Å²) >= 11 is 0. The lowest BCUT2D eigenvalue weighted by Crippen LogP contribution is -2.70. The number of carbonyl (C=O) groups excluding carboxylic acids is 2. The fourth-order valence-electron chi connectivity index (χ4n) is 5.25. The summed E-state index contributed by atoms with van der Waals surface area (Å²) in [5, 5.41) is 22.3. The molecule has 0 saturated carbocycles. The Labute approximate surface area is 163 Å². The zero-order chi connectivity index (χ0) is 21.6. The molecular weight excluding hydrogens is 393 g/mol. The van der Waals surface area contributed by atoms with Gasteiger partial charge < -0.3 is 15.2 Å². The molecular formula is C18H17F3N4O4. The summed E-state index contributed by atoms with van der Waals surface area (Å²) in [7, 11) is 1.44. The molecule has 4 rings (SSSR count). The van der Waals surface area contributed by atoms with Gasteiger partial charge in [-0.3, -0.25) is 9.59 Å². The smallest absolute Gasteiger partial charge is 0.390 e. The molecule has 3 fully saturated rings. The molecule has 0 spiro atoms. The first-order valence-corrected chi connectivity index (χ1v) is 8.80. The van der Waals surface area contributed by atoms with Crippen LogP contribution in [0.5, 0.6) is 0 Å². The molecule has 4 heterocycles. The van der Waals surface area contributed by atoms with Crippen LogP contribution in [0.25, 0.3) is 0 Å². The maximum Gasteiger partial charge on any atom is 0.419 e. The molecule has 3 aliphatic heterocycles. The summed E-state index contributed by atoms with van der Waals surface area (Å²) in [4.78, 5) is 30.8. The van der Waals surface area contributed by atoms with E-state index < -0.39 is 63.7 Å². The van der Waals surface area contributed by atoms with Gasteiger partial charge in [0, 0.05) is 6.42 Å². The molecule has 3 unspecified atom stereocenters. The van der Waals surface area contributed by atoms with Crippen molar-refractivity contribution < 1.29 is 32.6 Å². The third-order valence-corrected chi connectivity index (χ3v) is 6.45. The number of nitriles is 1. The summed E-state index contributed by atoms with van der Waals surface area (Å²) < 4.78 is 45.9. The minimum absolute atomic E-state index is 0.101. The van der Waals surface area contributed by atoms with Gasteiger partial charge in [-0.15, -0.1) is 0 Å². The third-order valence-electron chi connectivity index (χ3n) is 6.45. The van der Waals surface area contributed by atoms with Gasteiger partial charge in [-0.1, -0.05) is 0 Å². The first-order valence-electron chi connectivity index (χ1n) is 8.80. The molecule has 1 aromatic rings. The molecule has 8 nitrogen and oxygen atoms in total. The molecule has 1 aromatic heterocycles. The number of hydrogen-bond acceptors (Lipinski definition) is 7. The SMILES string of the molecule is CN[C@@]12C(=O)N(c3cnc(C#N)c(C(F)(F)F)c3)C(=O)C1C1(C)C[C@H](O)C2(C)O1. The Hall–Kier alpha value is -2.55. The summed E-state index contributed by atoms with van der Waals surface area (Å²) in [5.41, 5.74) is -6.87. The fourth-order valence-corrected chi connectivity index (χ4v) is 5.25. The normalized spacial score (nSPS) is 38.5. The molecule has 2 bridgehead atoms. The van der Waals surface area contributed by atoms with Crippen LogP contribution in [0.2, 0.25) is 0 Å². The van der Waals surface area contributed by atoms with Gasteiger partial charge in [0.15, 0.2) is 5.69 Å². The fraction of sp³-hybridized carbons (Fsp3) is 0.556. The number of likely N-dealkylation sites (N-methyl/N-ethyl adjacent to an activating group) is 1. The van der Waals surface area contributed by atoms with E-state index in [4.69, 9.17) is 10.00 Å². The van der Waals surface area contributed by atoms with Gasteiger partial charge >= 0.3 is 6.18 Å². The lowest BCUT2D eigenvalue weighted by Gasteiger charge is -2.43. The molecule has 0 radical (unpaired) electrons. The summed E-state index contributed by atoms with van der Waals surface area (Å²) in [6, 6.07) is 1.92. The Morgan fingerprint density at radius 3 is 2.62 bits per heavy atom. The van der Waals surface area contributed by atoms with Gasteiger partial charge in [-0.25, -0.2) is 9.88 Å². The van der Waals surface area contributed by atoms with Gasteiger partial charge in [-0.2, -0.15) is 18.4 Å². The van der Waals surface area contributed by atoms with E-state index in [2.05, 4.69) is 10.3 Å². The highest BCUT2D eigenvalue weighted by atomic mass is 19.4. The number of aliphatic hydroxyl groups excluding tert-OH is 1. The Bertz CT molecular complexity index is 992. The lowest BCUT2D eigenvalue weighted by atomic mass is 9.62. The summed E-state index contributed by atoms with van der Waals surface area (Å²) in [6.45, 7) is 3.10. The molecule has 29 heavy (non-hydrogen) atoms. The topological polar surface area (TPSA) is 116 Å². The highest BCUT2D eigenvalue weighted by Crippen LogP contribution is 2.63. The number of nitrogens with zero attached hydrogens (tertiary/aromatic N) is 3. The zero-order valence-electron chi connectivity index (χ0n) is 15.7. The van der Waals surface area contributed by atoms with Crippen molar-refractivity contribution in [2.75, 3.05) is 11.9 Å². The van der Waals surface area contributed by atoms with Gasteiger partial charge in [0.2, 0.25) is 5.91 Å². The number of rotatable bonds is 2. The minimum atomic E-state index is -4.90. The van der Waals surface area contributed by atoms with E-state index in [9.17, 15) is 27.9 Å². The molecule has 154 valence electrons. The zero-order valence-corrected chi connectivity index (χ0v) is 15.7. The number of carbonyl (C=O) groups is 2. The van der Waals surface area contributed by atoms with Crippen molar-refractivity contribution in [3.05, 3.63) is 23.5 Å². The average molecular weight is 410 g/mol. The number of anilines is 1. The monoisotopic (exact) mass is 410 g/mol. The number of nitrogens with one attached hydrogen (secondary N) is 1. The first-order chi connectivity index (χ1) is 13.4. The van der Waals surface area contributed by atoms with Crippen LogP contribution in [-0.4, -0.2) is 51.8 Å². The third kappa shape index (κ3) is 2.11. The van der Waals surface area contributed by atoms with Crippen LogP contribution in [0.15, 0.2) is 12.3 Å². The van der Waals surface area contributed by atoms with Crippen LogP contribution in [0.3, 0.4) is 0 Å². The van der Waals surface area contributed by atoms with Crippen LogP contribution in [0.1, 0.15) is 31.5 Å². The standard InChI is InChI=1S/C18H17F3N4O4/c1-15-5-11(26)16(2,29-15)17(23-3)12(15)13(27)25(14(17)28)8-4-9(18(19,20)21)10(6-22)24-7-8/h4,7,11-12,23,26H,5H2,1-3H3/t11-,12?,15?,16?,17+/m0/s1. The number of halogens is 3. The van der Waals surface area contributed by atoms with Crippen LogP contribution in [0.4, 0.5) is 18.9 Å². The second-order valence-electron chi connectivity index (χ2n) is 7.91. The van der Waals surface area contributed by atoms with E-state index in [0.717, 1.165) is 6.20 Å². The van der Waals surface area contributed by atoms with E-state index in [0.29, 0.717) is 11.0 Å². The van der Waals surface area contributed by atoms with Gasteiger partial charge in [0.05, 0.1) is 35.1 Å². The highest BCUT2D eigenvalue weighted by molar-refractivity contribution is 6.27. The summed E-state index contributed by atoms with van der Waals surface area (Å²) in [5.74, 6) is -2.63. The van der Waals surface area contributed by atoms with Crippen molar-refractivity contribution in [1.29, 1.82) is 5.26 Å². The minimum Gasteiger partial charge on any atom is -0.390 e. The Kier molecular flexibility index (Phi) is 3.77. The van der Waals surface area contributed by atoms with Crippen LogP contribution in [-0.2, 0) is 20.5 Å². The predicted octanol–water partition coefficient (Wildman–Crippen LogP) is 0.732. The molecule has 0 aliphatic carbocycles. The Morgan fingerprint density at radius 1 is 1.41 bits per heavy atom. The van der Waals surface area contributed by atoms with Gasteiger partial charge in [0.1, 0.15) is 17.2 Å². The van der Waals surface area contributed by atoms with Crippen LogP contribution >= 0.6 is 0 Å². The van der Waals surface area contributed by atoms with Crippen molar-refractivity contribution in [2.45, 2.75) is 49.3 Å². The van der Waals surface area contributed by atoms with E-state index in [1.54, 1.807) is 6.92 Å². The molecule has 2 N–H and O–H groups in total. The number of ether oxygens (including phenoxy) is 1. The van der Waals surface area contributed by atoms with E-state index in [-0.39, 0.29) is 6.42 Å². The number of hydrogen-bond donors (Lipinski definition) is 2. The maximum absolute atomic E-state index is 13.4. The molecule has 3 saturated heterocycles. The largest absolute Gasteiger partial charge is 0.419 e. The second-order valence-corrected chi connectivity index (χ2v) is 7.91. The molecule has 0 aromatic carbocycles. The second kappa shape index (κ2) is 5.53. The Morgan fingerprint density at radius 2 is 2.07 bits per heavy atom. The summed E-state index contributed by atoms with van der Waals surface area (Å²) in [6.07, 6.45) is -4.97. The molecule has 11 heteroatoms. The quantitative estimate of drug-likeness (QED) is 0.691. The van der Waals surface area contributed by atoms with Gasteiger partial charge in [-0.05, 0) is 27.0 Å². The Balaban J connectivity index is 1.89. The number of aliphatic hydroxyl groups is 1. The maximum atomic E-state index is 13.4. The van der Waals surface area contributed by atoms with E-state index in [1.807, 2.05) is 0 Å². The predicted molar refractivity (Wildman–Crippen MR) is 90.2 cm³/mol. The number of alkyl halides is 3. The van der Waals surface area contributed by atoms with Crippen molar-refractivity contribution in [3.8, 4) is 6.07 Å². The van der Waals surface area contributed by atoms with Crippen molar-refractivity contribution in [3.63, 3.8) is 0 Å². The van der Waals surface area contributed by atoms with Crippen molar-refractivity contribution >= 4 is 17.5 Å². The average Bonchev–Trinajstić information content (AvgIpc) is 3.11. The number of pyridine rings is 1.